The standard InChI is InChI=1S/C43H56N8O7/c1-28-15-9-11-19-32(28)49-41(56)46-23-14-13-21-34(39(54)45-24-22-37(52)51(5)36(38(44)53)25-29-16-7-6-8-17-29)48-40(55)35(50-42(57)58-43(2,3)4)26-30-27-47-33-20-12-10-18-31(30)33/h6-12,15-20,27,34-36,47H,13-14,21-26H2,1-5H3,(H2,44,53)(H,45,54)(H,48,55)(H,50,57)(H2,46,49,56)/t34-,35?,36?/m0/s1. The molecule has 0 aliphatic carbocycles. The molecular formula is C43H56N8O7. The zero-order valence-corrected chi connectivity index (χ0v) is 33.9. The van der Waals surface area contributed by atoms with Crippen LogP contribution in [0.1, 0.15) is 63.1 Å². The van der Waals surface area contributed by atoms with Gasteiger partial charge in [0, 0.05) is 62.2 Å². The number of fused-ring (bicyclic) bond motifs is 1. The topological polar surface area (TPSA) is 217 Å². The van der Waals surface area contributed by atoms with E-state index in [9.17, 15) is 28.8 Å². The second-order valence-corrected chi connectivity index (χ2v) is 15.2. The summed E-state index contributed by atoms with van der Waals surface area (Å²) >= 11 is 0. The summed E-state index contributed by atoms with van der Waals surface area (Å²) in [5.74, 6) is -2.23. The zero-order valence-electron chi connectivity index (χ0n) is 33.9. The number of likely N-dealkylation sites (N-methyl/N-ethyl adjacent to an activating group) is 1. The summed E-state index contributed by atoms with van der Waals surface area (Å²) in [5.41, 5.74) is 8.90. The van der Waals surface area contributed by atoms with Crippen molar-refractivity contribution in [1.82, 2.24) is 31.2 Å². The fourth-order valence-electron chi connectivity index (χ4n) is 6.31. The number of aromatic amines is 1. The molecule has 310 valence electrons. The van der Waals surface area contributed by atoms with E-state index < -0.39 is 53.4 Å². The Hall–Kier alpha value is -6.38. The maximum Gasteiger partial charge on any atom is 0.408 e. The predicted octanol–water partition coefficient (Wildman–Crippen LogP) is 4.45. The van der Waals surface area contributed by atoms with Crippen LogP contribution in [0, 0.1) is 6.92 Å². The van der Waals surface area contributed by atoms with Gasteiger partial charge in [0.15, 0.2) is 0 Å². The average molecular weight is 797 g/mol. The third-order valence-corrected chi connectivity index (χ3v) is 9.44. The highest BCUT2D eigenvalue weighted by molar-refractivity contribution is 5.93. The second-order valence-electron chi connectivity index (χ2n) is 15.2. The number of alkyl carbamates (subject to hydrolysis) is 1. The molecule has 0 saturated carbocycles. The number of para-hydroxylation sites is 2. The van der Waals surface area contributed by atoms with Crippen LogP contribution in [0.4, 0.5) is 15.3 Å². The fraction of sp³-hybridized carbons (Fsp3) is 0.395. The van der Waals surface area contributed by atoms with E-state index in [1.165, 1.54) is 11.9 Å². The Morgan fingerprint density at radius 2 is 1.48 bits per heavy atom. The summed E-state index contributed by atoms with van der Waals surface area (Å²) < 4.78 is 5.47. The number of aromatic nitrogens is 1. The van der Waals surface area contributed by atoms with Crippen molar-refractivity contribution in [3.63, 3.8) is 0 Å². The maximum atomic E-state index is 14.0. The number of nitrogens with zero attached hydrogens (tertiary/aromatic N) is 1. The van der Waals surface area contributed by atoms with Crippen LogP contribution in [0.2, 0.25) is 0 Å². The minimum absolute atomic E-state index is 0.0826. The minimum atomic E-state index is -1.12. The smallest absolute Gasteiger partial charge is 0.408 e. The number of H-pyrrole nitrogens is 1. The molecule has 1 aromatic heterocycles. The van der Waals surface area contributed by atoms with Gasteiger partial charge in [-0.2, -0.15) is 0 Å². The number of ether oxygens (including phenoxy) is 1. The molecule has 0 aliphatic rings. The fourth-order valence-corrected chi connectivity index (χ4v) is 6.31. The molecule has 4 aromatic rings. The van der Waals surface area contributed by atoms with Gasteiger partial charge in [-0.05, 0) is 75.8 Å². The first-order valence-corrected chi connectivity index (χ1v) is 19.4. The highest BCUT2D eigenvalue weighted by atomic mass is 16.6. The number of hydrogen-bond acceptors (Lipinski definition) is 7. The SMILES string of the molecule is Cc1ccccc1NC(=O)NCCCC[C@H](NC(=O)C(Cc1c[nH]c2ccccc12)NC(=O)OC(C)(C)C)C(=O)NCCC(=O)N(C)C(Cc1ccccc1)C(N)=O. The highest BCUT2D eigenvalue weighted by Crippen LogP contribution is 2.20. The lowest BCUT2D eigenvalue weighted by atomic mass is 10.0. The summed E-state index contributed by atoms with van der Waals surface area (Å²) in [6.07, 6.45) is 2.25. The van der Waals surface area contributed by atoms with E-state index in [0.29, 0.717) is 25.1 Å². The zero-order chi connectivity index (χ0) is 42.2. The van der Waals surface area contributed by atoms with Gasteiger partial charge in [-0.25, -0.2) is 9.59 Å². The van der Waals surface area contributed by atoms with Crippen molar-refractivity contribution < 1.29 is 33.5 Å². The molecular weight excluding hydrogens is 741 g/mol. The van der Waals surface area contributed by atoms with Crippen LogP contribution in [0.25, 0.3) is 10.9 Å². The van der Waals surface area contributed by atoms with Gasteiger partial charge in [0.2, 0.25) is 23.6 Å². The van der Waals surface area contributed by atoms with Crippen LogP contribution in [0.3, 0.4) is 0 Å². The van der Waals surface area contributed by atoms with Gasteiger partial charge in [-0.1, -0.05) is 66.7 Å². The van der Waals surface area contributed by atoms with Crippen LogP contribution >= 0.6 is 0 Å². The number of unbranched alkanes of at least 4 members (excludes halogenated alkanes) is 1. The molecule has 0 radical (unpaired) electrons. The Labute approximate surface area is 339 Å². The van der Waals surface area contributed by atoms with Gasteiger partial charge in [-0.15, -0.1) is 0 Å². The van der Waals surface area contributed by atoms with Crippen molar-refractivity contribution in [2.24, 2.45) is 5.73 Å². The van der Waals surface area contributed by atoms with E-state index in [1.807, 2.05) is 79.7 Å². The van der Waals surface area contributed by atoms with Crippen LogP contribution in [0.5, 0.6) is 0 Å². The van der Waals surface area contributed by atoms with Gasteiger partial charge in [-0.3, -0.25) is 19.2 Å². The summed E-state index contributed by atoms with van der Waals surface area (Å²) in [6, 6.07) is 20.7. The third kappa shape index (κ3) is 14.0. The number of primary amides is 1. The first-order valence-electron chi connectivity index (χ1n) is 19.4. The molecule has 1 heterocycles. The molecule has 0 spiro atoms. The molecule has 0 saturated heterocycles. The van der Waals surface area contributed by atoms with Gasteiger partial charge in [0.1, 0.15) is 23.7 Å². The number of aryl methyl sites for hydroxylation is 1. The number of nitrogens with two attached hydrogens (primary N) is 1. The van der Waals surface area contributed by atoms with Crippen molar-refractivity contribution in [3.8, 4) is 0 Å². The summed E-state index contributed by atoms with van der Waals surface area (Å²) in [4.78, 5) is 83.2. The average Bonchev–Trinajstić information content (AvgIpc) is 3.58. The molecule has 0 bridgehead atoms. The summed E-state index contributed by atoms with van der Waals surface area (Å²) in [7, 11) is 1.49. The lowest BCUT2D eigenvalue weighted by Gasteiger charge is -2.26. The molecule has 2 unspecified atom stereocenters. The summed E-state index contributed by atoms with van der Waals surface area (Å²) in [5, 5.41) is 14.7. The van der Waals surface area contributed by atoms with Crippen molar-refractivity contribution in [3.05, 3.63) is 102 Å². The molecule has 8 N–H and O–H groups in total. The maximum absolute atomic E-state index is 14.0. The quantitative estimate of drug-likeness (QED) is 0.0676. The number of hydrogen-bond donors (Lipinski definition) is 7. The number of nitrogens with one attached hydrogen (secondary N) is 6. The predicted molar refractivity (Wildman–Crippen MR) is 223 cm³/mol. The molecule has 7 amide bonds. The Morgan fingerprint density at radius 1 is 0.793 bits per heavy atom. The molecule has 15 nitrogen and oxygen atoms in total. The van der Waals surface area contributed by atoms with Crippen LogP contribution < -0.4 is 32.3 Å². The first-order chi connectivity index (χ1) is 27.6. The highest BCUT2D eigenvalue weighted by Gasteiger charge is 2.30. The number of amides is 7. The number of urea groups is 1. The van der Waals surface area contributed by atoms with E-state index in [0.717, 1.165) is 27.6 Å². The molecule has 0 fully saturated rings. The normalized spacial score (nSPS) is 12.7. The number of anilines is 1. The van der Waals surface area contributed by atoms with Gasteiger partial charge >= 0.3 is 12.1 Å². The molecule has 3 atom stereocenters. The van der Waals surface area contributed by atoms with Gasteiger partial charge in [0.25, 0.3) is 0 Å². The Kier molecular flexibility index (Phi) is 16.2. The lowest BCUT2D eigenvalue weighted by Crippen LogP contribution is -2.55. The number of carbonyl (C=O) groups is 6. The molecule has 0 aliphatic heterocycles. The molecule has 15 heteroatoms. The van der Waals surface area contributed by atoms with Crippen molar-refractivity contribution >= 4 is 52.3 Å². The number of benzene rings is 3. The van der Waals surface area contributed by atoms with E-state index >= 15 is 0 Å². The van der Waals surface area contributed by atoms with Gasteiger partial charge in [0.05, 0.1) is 0 Å². The monoisotopic (exact) mass is 796 g/mol. The minimum Gasteiger partial charge on any atom is -0.444 e. The molecule has 58 heavy (non-hydrogen) atoms. The van der Waals surface area contributed by atoms with E-state index in [4.69, 9.17) is 10.5 Å². The van der Waals surface area contributed by atoms with E-state index in [1.54, 1.807) is 33.0 Å². The number of carbonyl (C=O) groups excluding carboxylic acids is 6. The third-order valence-electron chi connectivity index (χ3n) is 9.44. The van der Waals surface area contributed by atoms with Crippen molar-refractivity contribution in [2.45, 2.75) is 89.9 Å². The molecule has 4 rings (SSSR count). The second kappa shape index (κ2) is 21.2. The van der Waals surface area contributed by atoms with E-state index in [-0.39, 0.29) is 38.3 Å². The first kappa shape index (κ1) is 44.3. The summed E-state index contributed by atoms with van der Waals surface area (Å²) in [6.45, 7) is 7.24. The van der Waals surface area contributed by atoms with Crippen molar-refractivity contribution in [2.75, 3.05) is 25.5 Å². The lowest BCUT2D eigenvalue weighted by molar-refractivity contribution is -0.137. The Morgan fingerprint density at radius 3 is 2.19 bits per heavy atom. The van der Waals surface area contributed by atoms with Crippen LogP contribution in [-0.2, 0) is 36.8 Å². The largest absolute Gasteiger partial charge is 0.444 e. The van der Waals surface area contributed by atoms with E-state index in [2.05, 4.69) is 31.6 Å². The van der Waals surface area contributed by atoms with Crippen molar-refractivity contribution in [1.29, 1.82) is 0 Å². The molecule has 3 aromatic carbocycles. The van der Waals surface area contributed by atoms with Crippen LogP contribution in [0.15, 0.2) is 85.1 Å². The number of rotatable bonds is 19. The Balaban J connectivity index is 1.43. The Bertz CT molecular complexity index is 2030. The van der Waals surface area contributed by atoms with Crippen LogP contribution in [-0.4, -0.2) is 89.5 Å². The van der Waals surface area contributed by atoms with Gasteiger partial charge < -0.3 is 46.9 Å².